The Kier molecular flexibility index (Phi) is 8.93. The molecule has 0 aliphatic carbocycles. The van der Waals surface area contributed by atoms with Crippen LogP contribution in [0.25, 0.3) is 0 Å². The first kappa shape index (κ1) is 25.7. The van der Waals surface area contributed by atoms with Crippen molar-refractivity contribution in [1.82, 2.24) is 10.4 Å². The topological polar surface area (TPSA) is 138 Å². The van der Waals surface area contributed by atoms with Gasteiger partial charge in [-0.15, -0.1) is 0 Å². The van der Waals surface area contributed by atoms with Gasteiger partial charge in [0, 0.05) is 14.1 Å². The van der Waals surface area contributed by atoms with Crippen molar-refractivity contribution in [1.29, 1.82) is 0 Å². The fourth-order valence-corrected chi connectivity index (χ4v) is 4.12. The Morgan fingerprint density at radius 2 is 1.45 bits per heavy atom. The second-order valence-corrected chi connectivity index (χ2v) is 9.48. The Morgan fingerprint density at radius 3 is 1.91 bits per heavy atom. The van der Waals surface area contributed by atoms with Crippen LogP contribution in [0.3, 0.4) is 0 Å². The minimum atomic E-state index is -4.91. The van der Waals surface area contributed by atoms with Gasteiger partial charge in [-0.3, -0.25) is 4.55 Å². The Balaban J connectivity index is 1.91. The van der Waals surface area contributed by atoms with E-state index in [1.807, 2.05) is 60.7 Å². The zero-order chi connectivity index (χ0) is 24.0. The lowest BCUT2D eigenvalue weighted by Crippen LogP contribution is -2.67. The average Bonchev–Trinajstić information content (AvgIpc) is 2.78. The van der Waals surface area contributed by atoms with Gasteiger partial charge < -0.3 is 24.4 Å². The second kappa shape index (κ2) is 11.5. The van der Waals surface area contributed by atoms with E-state index in [4.69, 9.17) is 14.2 Å². The fraction of sp³-hybridized carbons (Fsp3) is 0.455. The van der Waals surface area contributed by atoms with E-state index in [1.165, 1.54) is 5.01 Å². The van der Waals surface area contributed by atoms with E-state index < -0.39 is 46.2 Å². The van der Waals surface area contributed by atoms with Gasteiger partial charge in [-0.2, -0.15) is 8.42 Å². The van der Waals surface area contributed by atoms with E-state index >= 15 is 0 Å². The lowest BCUT2D eigenvalue weighted by molar-refractivity contribution is -0.275. The molecule has 6 atom stereocenters. The number of nitrogens with one attached hydrogen (secondary N) is 1. The number of aliphatic hydroxyl groups is 2. The van der Waals surface area contributed by atoms with Gasteiger partial charge in [0.2, 0.25) is 5.44 Å². The number of hydrogen-bond donors (Lipinski definition) is 4. The Hall–Kier alpha value is -1.93. The standard InChI is InChI=1S/C22H30N2O8S/c1-24(2)23-21-17(25)18(30-13-15-9-5-3-6-10-15)19(20(32-21)22(26)33(27,28)29)31-14-16-11-7-4-8-12-16/h3-12,17-23,25-26H,13-14H2,1-2H3,(H,27,28,29)/t17-,18-,19-,20+,21-,22-/m0/s1. The summed E-state index contributed by atoms with van der Waals surface area (Å²) in [4.78, 5) is 0. The Morgan fingerprint density at radius 1 is 0.970 bits per heavy atom. The summed E-state index contributed by atoms with van der Waals surface area (Å²) in [5.74, 6) is 0. The van der Waals surface area contributed by atoms with Crippen LogP contribution in [0.4, 0.5) is 0 Å². The number of benzene rings is 2. The maximum atomic E-state index is 11.8. The molecule has 10 nitrogen and oxygen atoms in total. The highest BCUT2D eigenvalue weighted by molar-refractivity contribution is 7.86. The summed E-state index contributed by atoms with van der Waals surface area (Å²) in [6, 6.07) is 18.3. The molecule has 4 N–H and O–H groups in total. The Labute approximate surface area is 193 Å². The van der Waals surface area contributed by atoms with Crippen LogP contribution in [0.5, 0.6) is 0 Å². The van der Waals surface area contributed by atoms with Gasteiger partial charge in [-0.25, -0.2) is 10.4 Å². The quantitative estimate of drug-likeness (QED) is 0.280. The highest BCUT2D eigenvalue weighted by atomic mass is 32.2. The van der Waals surface area contributed by atoms with Gasteiger partial charge in [0.05, 0.1) is 13.2 Å². The molecule has 0 spiro atoms. The van der Waals surface area contributed by atoms with Gasteiger partial charge in [0.25, 0.3) is 10.1 Å². The normalized spacial score (nSPS) is 26.9. The smallest absolute Gasteiger partial charge is 0.294 e. The third-order valence-corrected chi connectivity index (χ3v) is 6.02. The molecule has 3 rings (SSSR count). The first-order chi connectivity index (χ1) is 15.7. The van der Waals surface area contributed by atoms with Crippen molar-refractivity contribution in [2.75, 3.05) is 14.1 Å². The molecule has 0 radical (unpaired) electrons. The zero-order valence-corrected chi connectivity index (χ0v) is 19.2. The molecule has 0 saturated carbocycles. The van der Waals surface area contributed by atoms with E-state index in [-0.39, 0.29) is 13.2 Å². The molecule has 1 saturated heterocycles. The molecule has 33 heavy (non-hydrogen) atoms. The van der Waals surface area contributed by atoms with Gasteiger partial charge in [0.15, 0.2) is 0 Å². The number of nitrogens with zero attached hydrogens (tertiary/aromatic N) is 1. The first-order valence-electron chi connectivity index (χ1n) is 10.4. The molecule has 2 aromatic carbocycles. The molecule has 0 aromatic heterocycles. The third kappa shape index (κ3) is 7.03. The molecule has 0 amide bonds. The van der Waals surface area contributed by atoms with Crippen LogP contribution in [0.1, 0.15) is 11.1 Å². The molecule has 0 unspecified atom stereocenters. The van der Waals surface area contributed by atoms with Gasteiger partial charge in [0.1, 0.15) is 30.6 Å². The van der Waals surface area contributed by atoms with Crippen LogP contribution in [0.2, 0.25) is 0 Å². The highest BCUT2D eigenvalue weighted by Gasteiger charge is 2.52. The second-order valence-electron chi connectivity index (χ2n) is 7.96. The summed E-state index contributed by atoms with van der Waals surface area (Å²) < 4.78 is 50.7. The molecular formula is C22H30N2O8S. The summed E-state index contributed by atoms with van der Waals surface area (Å²) in [7, 11) is -1.60. The number of hydrazine groups is 1. The molecule has 1 aliphatic heterocycles. The van der Waals surface area contributed by atoms with Crippen molar-refractivity contribution < 1.29 is 37.4 Å². The van der Waals surface area contributed by atoms with E-state index in [0.29, 0.717) is 0 Å². The molecule has 2 aromatic rings. The molecule has 182 valence electrons. The summed E-state index contributed by atoms with van der Waals surface area (Å²) >= 11 is 0. The van der Waals surface area contributed by atoms with Crippen molar-refractivity contribution in [3.8, 4) is 0 Å². The number of rotatable bonds is 10. The number of ether oxygens (including phenoxy) is 3. The molecule has 0 bridgehead atoms. The summed E-state index contributed by atoms with van der Waals surface area (Å²) in [5.41, 5.74) is 2.11. The van der Waals surface area contributed by atoms with Crippen LogP contribution in [-0.4, -0.2) is 78.4 Å². The van der Waals surface area contributed by atoms with E-state index in [2.05, 4.69) is 5.43 Å². The SMILES string of the molecule is CN(C)N[C@H]1O[C@@H]([C@@H](O)S(=O)(=O)O)[C@@H](OCc2ccccc2)[C@@H](OCc2ccccc2)[C@@H]1O. The Bertz CT molecular complexity index is 961. The third-order valence-electron chi connectivity index (χ3n) is 5.14. The molecular weight excluding hydrogens is 452 g/mol. The van der Waals surface area contributed by atoms with E-state index in [0.717, 1.165) is 11.1 Å². The highest BCUT2D eigenvalue weighted by Crippen LogP contribution is 2.30. The molecule has 11 heteroatoms. The largest absolute Gasteiger partial charge is 0.386 e. The molecule has 1 heterocycles. The zero-order valence-electron chi connectivity index (χ0n) is 18.4. The van der Waals surface area contributed by atoms with Crippen LogP contribution >= 0.6 is 0 Å². The maximum Gasteiger partial charge on any atom is 0.294 e. The van der Waals surface area contributed by atoms with Gasteiger partial charge in [-0.1, -0.05) is 60.7 Å². The summed E-state index contributed by atoms with van der Waals surface area (Å²) in [6.07, 6.45) is -6.30. The van der Waals surface area contributed by atoms with Crippen LogP contribution in [0.15, 0.2) is 60.7 Å². The van der Waals surface area contributed by atoms with Crippen LogP contribution < -0.4 is 5.43 Å². The number of hydrogen-bond acceptors (Lipinski definition) is 9. The van der Waals surface area contributed by atoms with Crippen molar-refractivity contribution in [3.63, 3.8) is 0 Å². The van der Waals surface area contributed by atoms with Crippen LogP contribution in [0, 0.1) is 0 Å². The lowest BCUT2D eigenvalue weighted by atomic mass is 9.97. The monoisotopic (exact) mass is 482 g/mol. The fourth-order valence-electron chi connectivity index (χ4n) is 3.56. The lowest BCUT2D eigenvalue weighted by Gasteiger charge is -2.46. The summed E-state index contributed by atoms with van der Waals surface area (Å²) in [5, 5.41) is 22.9. The number of aliphatic hydroxyl groups excluding tert-OH is 2. The van der Waals surface area contributed by atoms with Gasteiger partial charge >= 0.3 is 0 Å². The maximum absolute atomic E-state index is 11.8. The predicted octanol–water partition coefficient (Wildman–Crippen LogP) is 0.515. The van der Waals surface area contributed by atoms with Crippen LogP contribution in [-0.2, 0) is 37.5 Å². The van der Waals surface area contributed by atoms with Crippen molar-refractivity contribution in [2.24, 2.45) is 0 Å². The average molecular weight is 483 g/mol. The van der Waals surface area contributed by atoms with E-state index in [1.54, 1.807) is 14.1 Å². The van der Waals surface area contributed by atoms with Crippen molar-refractivity contribution in [3.05, 3.63) is 71.8 Å². The predicted molar refractivity (Wildman–Crippen MR) is 119 cm³/mol. The first-order valence-corrected chi connectivity index (χ1v) is 11.9. The van der Waals surface area contributed by atoms with E-state index in [9.17, 15) is 23.2 Å². The molecule has 1 aliphatic rings. The minimum Gasteiger partial charge on any atom is -0.386 e. The van der Waals surface area contributed by atoms with Crippen molar-refractivity contribution in [2.45, 2.75) is 49.3 Å². The van der Waals surface area contributed by atoms with Gasteiger partial charge in [-0.05, 0) is 11.1 Å². The van der Waals surface area contributed by atoms with Crippen molar-refractivity contribution >= 4 is 10.1 Å². The summed E-state index contributed by atoms with van der Waals surface area (Å²) in [6.45, 7) is 0.129. The minimum absolute atomic E-state index is 0.0350. The molecule has 1 fully saturated rings.